The van der Waals surface area contributed by atoms with Gasteiger partial charge in [-0.15, -0.1) is 0 Å². The quantitative estimate of drug-likeness (QED) is 0.730. The molecular weight excluding hydrogens is 374 g/mol. The number of hydrogen-bond donors (Lipinski definition) is 1. The maximum absolute atomic E-state index is 13.1. The van der Waals surface area contributed by atoms with Crippen LogP contribution in [0.3, 0.4) is 0 Å². The maximum atomic E-state index is 13.1. The number of hydrogen-bond acceptors (Lipinski definition) is 4. The summed E-state index contributed by atoms with van der Waals surface area (Å²) in [5.74, 6) is 1.05. The highest BCUT2D eigenvalue weighted by Gasteiger charge is 2.53. The van der Waals surface area contributed by atoms with Crippen molar-refractivity contribution >= 4 is 16.9 Å². The van der Waals surface area contributed by atoms with Crippen LogP contribution in [0.4, 0.5) is 0 Å². The summed E-state index contributed by atoms with van der Waals surface area (Å²) in [6, 6.07) is 15.3. The molecular formula is C24H25N5O. The Labute approximate surface area is 175 Å². The van der Waals surface area contributed by atoms with Crippen LogP contribution in [0.15, 0.2) is 42.5 Å². The van der Waals surface area contributed by atoms with Gasteiger partial charge in [-0.25, -0.2) is 4.98 Å². The zero-order valence-corrected chi connectivity index (χ0v) is 17.1. The Bertz CT molecular complexity index is 1160. The molecule has 0 bridgehead atoms. The van der Waals surface area contributed by atoms with Gasteiger partial charge in [0.05, 0.1) is 34.1 Å². The molecule has 0 spiro atoms. The second kappa shape index (κ2) is 6.96. The zero-order chi connectivity index (χ0) is 20.9. The lowest BCUT2D eigenvalue weighted by Crippen LogP contribution is -2.37. The molecule has 1 saturated heterocycles. The van der Waals surface area contributed by atoms with E-state index in [1.165, 1.54) is 0 Å². The summed E-state index contributed by atoms with van der Waals surface area (Å²) >= 11 is 0. The first-order valence-electron chi connectivity index (χ1n) is 10.6. The average Bonchev–Trinajstić information content (AvgIpc) is 3.27. The number of imidazole rings is 1. The van der Waals surface area contributed by atoms with Crippen molar-refractivity contribution in [1.29, 1.82) is 5.26 Å². The number of carbonyl (C=O) groups excluding carboxylic acids is 1. The Morgan fingerprint density at radius 1 is 1.17 bits per heavy atom. The van der Waals surface area contributed by atoms with Gasteiger partial charge in [0.2, 0.25) is 5.91 Å². The van der Waals surface area contributed by atoms with E-state index in [1.54, 1.807) is 12.1 Å². The van der Waals surface area contributed by atoms with Crippen molar-refractivity contribution in [3.63, 3.8) is 0 Å². The van der Waals surface area contributed by atoms with E-state index in [0.29, 0.717) is 5.56 Å². The summed E-state index contributed by atoms with van der Waals surface area (Å²) in [6.45, 7) is 1.77. The average molecular weight is 399 g/mol. The number of benzene rings is 2. The number of likely N-dealkylation sites (tertiary alicyclic amines) is 1. The lowest BCUT2D eigenvalue weighted by atomic mass is 9.94. The van der Waals surface area contributed by atoms with Crippen LogP contribution in [-0.4, -0.2) is 33.4 Å². The van der Waals surface area contributed by atoms with Gasteiger partial charge in [-0.2, -0.15) is 5.26 Å². The van der Waals surface area contributed by atoms with Gasteiger partial charge in [0.25, 0.3) is 0 Å². The Balaban J connectivity index is 1.49. The Morgan fingerprint density at radius 3 is 2.50 bits per heavy atom. The summed E-state index contributed by atoms with van der Waals surface area (Å²) in [7, 11) is 1.97. The lowest BCUT2D eigenvalue weighted by Gasteiger charge is -2.23. The third kappa shape index (κ3) is 2.89. The van der Waals surface area contributed by atoms with E-state index < -0.39 is 0 Å². The van der Waals surface area contributed by atoms with Crippen molar-refractivity contribution < 1.29 is 4.79 Å². The van der Waals surface area contributed by atoms with Crippen molar-refractivity contribution in [2.75, 3.05) is 13.1 Å². The van der Waals surface area contributed by atoms with Gasteiger partial charge in [-0.05, 0) is 61.1 Å². The highest BCUT2D eigenvalue weighted by Crippen LogP contribution is 2.50. The van der Waals surface area contributed by atoms with E-state index >= 15 is 0 Å². The molecule has 1 amide bonds. The Hall–Kier alpha value is -3.17. The summed E-state index contributed by atoms with van der Waals surface area (Å²) in [5, 5.41) is 9.00. The highest BCUT2D eigenvalue weighted by atomic mass is 16.2. The second-order valence-corrected chi connectivity index (χ2v) is 8.53. The van der Waals surface area contributed by atoms with Crippen molar-refractivity contribution in [2.45, 2.75) is 37.1 Å². The normalized spacial score (nSPS) is 18.4. The van der Waals surface area contributed by atoms with Gasteiger partial charge in [0, 0.05) is 20.1 Å². The maximum Gasteiger partial charge on any atom is 0.233 e. The molecule has 2 heterocycles. The van der Waals surface area contributed by atoms with Gasteiger partial charge in [0.15, 0.2) is 0 Å². The molecule has 5 rings (SSSR count). The first-order valence-corrected chi connectivity index (χ1v) is 10.6. The SMILES string of the molecule is Cn1c(C(N)c2ccc(C#N)cc2)nc2cc(C3(C(=O)N4CCCC4)CC3)ccc21. The first-order chi connectivity index (χ1) is 14.5. The van der Waals surface area contributed by atoms with Crippen LogP contribution in [0.2, 0.25) is 0 Å². The third-order valence-corrected chi connectivity index (χ3v) is 6.70. The van der Waals surface area contributed by atoms with Crippen molar-refractivity contribution in [1.82, 2.24) is 14.5 Å². The molecule has 1 unspecified atom stereocenters. The molecule has 2 aromatic carbocycles. The molecule has 2 N–H and O–H groups in total. The smallest absolute Gasteiger partial charge is 0.233 e. The molecule has 1 aromatic heterocycles. The minimum Gasteiger partial charge on any atom is -0.342 e. The van der Waals surface area contributed by atoms with Crippen molar-refractivity contribution in [2.24, 2.45) is 12.8 Å². The number of rotatable bonds is 4. The van der Waals surface area contributed by atoms with Gasteiger partial charge in [0.1, 0.15) is 5.82 Å². The van der Waals surface area contributed by atoms with E-state index in [0.717, 1.165) is 66.8 Å². The number of carbonyl (C=O) groups is 1. The molecule has 30 heavy (non-hydrogen) atoms. The molecule has 6 nitrogen and oxygen atoms in total. The Kier molecular flexibility index (Phi) is 4.37. The second-order valence-electron chi connectivity index (χ2n) is 8.53. The summed E-state index contributed by atoms with van der Waals surface area (Å²) in [5.41, 5.74) is 10.6. The van der Waals surface area contributed by atoms with Gasteiger partial charge in [-0.3, -0.25) is 4.79 Å². The zero-order valence-electron chi connectivity index (χ0n) is 17.1. The largest absolute Gasteiger partial charge is 0.342 e. The molecule has 152 valence electrons. The van der Waals surface area contributed by atoms with Crippen LogP contribution < -0.4 is 5.73 Å². The summed E-state index contributed by atoms with van der Waals surface area (Å²) in [4.78, 5) is 20.0. The fourth-order valence-corrected chi connectivity index (χ4v) is 4.68. The van der Waals surface area contributed by atoms with E-state index in [-0.39, 0.29) is 17.4 Å². The van der Waals surface area contributed by atoms with E-state index in [4.69, 9.17) is 16.0 Å². The predicted molar refractivity (Wildman–Crippen MR) is 115 cm³/mol. The van der Waals surface area contributed by atoms with E-state index in [9.17, 15) is 4.79 Å². The number of nitrogens with zero attached hydrogens (tertiary/aromatic N) is 4. The number of aromatic nitrogens is 2. The van der Waals surface area contributed by atoms with Crippen LogP contribution in [0.1, 0.15) is 54.2 Å². The van der Waals surface area contributed by atoms with Crippen LogP contribution in [0.25, 0.3) is 11.0 Å². The number of nitrogens with two attached hydrogens (primary N) is 1. The molecule has 1 saturated carbocycles. The standard InChI is InChI=1S/C24H25N5O/c1-28-20-9-8-18(24(10-11-24)23(30)29-12-2-3-13-29)14-19(20)27-22(28)21(26)17-6-4-16(15-25)5-7-17/h4-9,14,21H,2-3,10-13,26H2,1H3. The number of nitriles is 1. The van der Waals surface area contributed by atoms with Crippen LogP contribution in [0.5, 0.6) is 0 Å². The highest BCUT2D eigenvalue weighted by molar-refractivity contribution is 5.93. The molecule has 2 aliphatic rings. The fraction of sp³-hybridized carbons (Fsp3) is 0.375. The lowest BCUT2D eigenvalue weighted by molar-refractivity contribution is -0.132. The molecule has 1 atom stereocenters. The third-order valence-electron chi connectivity index (χ3n) is 6.70. The monoisotopic (exact) mass is 399 g/mol. The van der Waals surface area contributed by atoms with Gasteiger partial charge in [-0.1, -0.05) is 18.2 Å². The van der Waals surface area contributed by atoms with Gasteiger partial charge < -0.3 is 15.2 Å². The Morgan fingerprint density at radius 2 is 1.87 bits per heavy atom. The summed E-state index contributed by atoms with van der Waals surface area (Å²) in [6.07, 6.45) is 4.05. The van der Waals surface area contributed by atoms with Gasteiger partial charge >= 0.3 is 0 Å². The van der Waals surface area contributed by atoms with Crippen molar-refractivity contribution in [3.05, 3.63) is 65.0 Å². The van der Waals surface area contributed by atoms with Crippen LogP contribution >= 0.6 is 0 Å². The van der Waals surface area contributed by atoms with E-state index in [1.807, 2.05) is 28.6 Å². The predicted octanol–water partition coefficient (Wildman–Crippen LogP) is 3.15. The summed E-state index contributed by atoms with van der Waals surface area (Å²) < 4.78 is 2.02. The number of aryl methyl sites for hydroxylation is 1. The van der Waals surface area contributed by atoms with Crippen LogP contribution in [0, 0.1) is 11.3 Å². The van der Waals surface area contributed by atoms with Crippen LogP contribution in [-0.2, 0) is 17.3 Å². The van der Waals surface area contributed by atoms with Crippen molar-refractivity contribution in [3.8, 4) is 6.07 Å². The molecule has 1 aliphatic carbocycles. The molecule has 1 aliphatic heterocycles. The number of fused-ring (bicyclic) bond motifs is 1. The van der Waals surface area contributed by atoms with E-state index in [2.05, 4.69) is 24.3 Å². The molecule has 3 aromatic rings. The fourth-order valence-electron chi connectivity index (χ4n) is 4.68. The minimum atomic E-state index is -0.389. The number of amides is 1. The molecule has 2 fully saturated rings. The topological polar surface area (TPSA) is 87.9 Å². The molecule has 6 heteroatoms. The first kappa shape index (κ1) is 18.8. The molecule has 0 radical (unpaired) electrons. The minimum absolute atomic E-state index is 0.282.